The van der Waals surface area contributed by atoms with E-state index in [0.29, 0.717) is 0 Å². The van der Waals surface area contributed by atoms with Crippen LogP contribution in [0, 0.1) is 0 Å². The molecule has 1 aromatic heterocycles. The van der Waals surface area contributed by atoms with Crippen LogP contribution in [0.5, 0.6) is 0 Å². The molecule has 1 N–H and O–H groups in total. The molecular weight excluding hydrogens is 226 g/mol. The van der Waals surface area contributed by atoms with Crippen molar-refractivity contribution in [2.75, 3.05) is 5.33 Å². The summed E-state index contributed by atoms with van der Waals surface area (Å²) in [4.78, 5) is 3.18. The Bertz CT molecular complexity index is 442. The van der Waals surface area contributed by atoms with Gasteiger partial charge < -0.3 is 4.98 Å². The molecule has 0 aliphatic rings. The van der Waals surface area contributed by atoms with Gasteiger partial charge in [-0.25, -0.2) is 0 Å². The lowest BCUT2D eigenvalue weighted by Crippen LogP contribution is -1.83. The maximum Gasteiger partial charge on any atom is 0.0460 e. The third-order valence-corrected chi connectivity index (χ3v) is 2.81. The van der Waals surface area contributed by atoms with E-state index in [0.717, 1.165) is 10.9 Å². The Hall–Kier alpha value is -1.02. The van der Waals surface area contributed by atoms with Crippen LogP contribution in [0.15, 0.2) is 37.0 Å². The van der Waals surface area contributed by atoms with Gasteiger partial charge in [0.2, 0.25) is 0 Å². The highest BCUT2D eigenvalue weighted by Crippen LogP contribution is 2.24. The van der Waals surface area contributed by atoms with E-state index in [-0.39, 0.29) is 0 Å². The van der Waals surface area contributed by atoms with Crippen molar-refractivity contribution >= 4 is 32.4 Å². The van der Waals surface area contributed by atoms with Gasteiger partial charge in [-0.15, -0.1) is 0 Å². The van der Waals surface area contributed by atoms with Gasteiger partial charge in [-0.3, -0.25) is 0 Å². The molecule has 2 aromatic rings. The van der Waals surface area contributed by atoms with Crippen LogP contribution in [0.1, 0.15) is 5.56 Å². The molecule has 0 amide bonds. The summed E-state index contributed by atoms with van der Waals surface area (Å²) in [5.41, 5.74) is 3.50. The monoisotopic (exact) mass is 235 g/mol. The molecular formula is C11H10BrN. The maximum absolute atomic E-state index is 4.01. The molecule has 66 valence electrons. The van der Waals surface area contributed by atoms with Crippen molar-refractivity contribution in [2.24, 2.45) is 0 Å². The Morgan fingerprint density at radius 2 is 2.23 bits per heavy atom. The second-order valence-electron chi connectivity index (χ2n) is 2.98. The van der Waals surface area contributed by atoms with Crippen LogP contribution in [0.4, 0.5) is 0 Å². The number of nitrogens with one attached hydrogen (secondary N) is 1. The predicted molar refractivity (Wildman–Crippen MR) is 61.1 cm³/mol. The largest absolute Gasteiger partial charge is 0.361 e. The number of benzene rings is 1. The molecule has 0 radical (unpaired) electrons. The van der Waals surface area contributed by atoms with Gasteiger partial charge in [0, 0.05) is 22.4 Å². The van der Waals surface area contributed by atoms with E-state index in [1.165, 1.54) is 16.5 Å². The zero-order valence-corrected chi connectivity index (χ0v) is 8.76. The molecule has 0 unspecified atom stereocenters. The van der Waals surface area contributed by atoms with Crippen LogP contribution < -0.4 is 0 Å². The average molecular weight is 236 g/mol. The number of halogens is 1. The molecule has 1 heterocycles. The van der Waals surface area contributed by atoms with Gasteiger partial charge in [-0.05, 0) is 23.3 Å². The van der Waals surface area contributed by atoms with Crippen LogP contribution >= 0.6 is 15.9 Å². The van der Waals surface area contributed by atoms with E-state index in [1.807, 2.05) is 12.3 Å². The van der Waals surface area contributed by atoms with Crippen molar-refractivity contribution in [2.45, 2.75) is 0 Å². The molecule has 0 spiro atoms. The first-order valence-corrected chi connectivity index (χ1v) is 5.25. The highest BCUT2D eigenvalue weighted by atomic mass is 79.9. The van der Waals surface area contributed by atoms with Gasteiger partial charge in [-0.1, -0.05) is 34.6 Å². The SMILES string of the molecule is C=C(CBr)c1cccc2[nH]ccc12. The quantitative estimate of drug-likeness (QED) is 0.767. The van der Waals surface area contributed by atoms with E-state index in [1.54, 1.807) is 0 Å². The van der Waals surface area contributed by atoms with Gasteiger partial charge in [0.15, 0.2) is 0 Å². The van der Waals surface area contributed by atoms with Crippen molar-refractivity contribution in [1.29, 1.82) is 0 Å². The normalized spacial score (nSPS) is 10.5. The standard InChI is InChI=1S/C11H10BrN/c1-8(7-12)9-3-2-4-11-10(9)5-6-13-11/h2-6,13H,1,7H2. The number of aromatic amines is 1. The second-order valence-corrected chi connectivity index (χ2v) is 3.54. The van der Waals surface area contributed by atoms with Gasteiger partial charge in [0.05, 0.1) is 0 Å². The number of hydrogen-bond donors (Lipinski definition) is 1. The van der Waals surface area contributed by atoms with Gasteiger partial charge in [0.1, 0.15) is 0 Å². The molecule has 0 bridgehead atoms. The number of aromatic nitrogens is 1. The number of hydrogen-bond acceptors (Lipinski definition) is 0. The van der Waals surface area contributed by atoms with Crippen LogP contribution in [0.25, 0.3) is 16.5 Å². The van der Waals surface area contributed by atoms with E-state index in [2.05, 4.69) is 45.7 Å². The van der Waals surface area contributed by atoms with Crippen molar-refractivity contribution in [3.63, 3.8) is 0 Å². The first-order valence-electron chi connectivity index (χ1n) is 4.13. The molecule has 2 heteroatoms. The summed E-state index contributed by atoms with van der Waals surface area (Å²) in [7, 11) is 0. The zero-order valence-electron chi connectivity index (χ0n) is 7.18. The van der Waals surface area contributed by atoms with Gasteiger partial charge >= 0.3 is 0 Å². The number of fused-ring (bicyclic) bond motifs is 1. The number of alkyl halides is 1. The highest BCUT2D eigenvalue weighted by Gasteiger charge is 2.02. The molecule has 1 aromatic carbocycles. The molecule has 0 saturated carbocycles. The molecule has 0 fully saturated rings. The van der Waals surface area contributed by atoms with Crippen molar-refractivity contribution in [3.8, 4) is 0 Å². The lowest BCUT2D eigenvalue weighted by Gasteiger charge is -2.03. The van der Waals surface area contributed by atoms with E-state index >= 15 is 0 Å². The minimum absolute atomic E-state index is 0.817. The predicted octanol–water partition coefficient (Wildman–Crippen LogP) is 3.58. The fraction of sp³-hybridized carbons (Fsp3) is 0.0909. The topological polar surface area (TPSA) is 15.8 Å². The minimum atomic E-state index is 0.817. The van der Waals surface area contributed by atoms with Crippen LogP contribution in [-0.4, -0.2) is 10.3 Å². The Morgan fingerprint density at radius 3 is 3.00 bits per heavy atom. The summed E-state index contributed by atoms with van der Waals surface area (Å²) in [5, 5.41) is 2.06. The molecule has 0 aliphatic carbocycles. The Balaban J connectivity index is 2.67. The summed E-state index contributed by atoms with van der Waals surface area (Å²) < 4.78 is 0. The van der Waals surface area contributed by atoms with E-state index < -0.39 is 0 Å². The summed E-state index contributed by atoms with van der Waals surface area (Å²) in [6, 6.07) is 8.29. The third kappa shape index (κ3) is 1.42. The van der Waals surface area contributed by atoms with E-state index in [4.69, 9.17) is 0 Å². The summed E-state index contributed by atoms with van der Waals surface area (Å²) in [5.74, 6) is 0. The van der Waals surface area contributed by atoms with Gasteiger partial charge in [0.25, 0.3) is 0 Å². The highest BCUT2D eigenvalue weighted by molar-refractivity contribution is 9.09. The summed E-state index contributed by atoms with van der Waals surface area (Å²) in [6.07, 6.45) is 1.95. The lowest BCUT2D eigenvalue weighted by atomic mass is 10.0. The summed E-state index contributed by atoms with van der Waals surface area (Å²) in [6.45, 7) is 4.01. The van der Waals surface area contributed by atoms with Crippen molar-refractivity contribution in [3.05, 3.63) is 42.6 Å². The Kier molecular flexibility index (Phi) is 2.23. The van der Waals surface area contributed by atoms with Crippen molar-refractivity contribution < 1.29 is 0 Å². The van der Waals surface area contributed by atoms with Crippen LogP contribution in [0.3, 0.4) is 0 Å². The number of H-pyrrole nitrogens is 1. The van der Waals surface area contributed by atoms with Crippen molar-refractivity contribution in [1.82, 2.24) is 4.98 Å². The zero-order chi connectivity index (χ0) is 9.26. The van der Waals surface area contributed by atoms with Gasteiger partial charge in [-0.2, -0.15) is 0 Å². The van der Waals surface area contributed by atoms with E-state index in [9.17, 15) is 0 Å². The van der Waals surface area contributed by atoms with Crippen LogP contribution in [0.2, 0.25) is 0 Å². The first kappa shape index (κ1) is 8.57. The molecule has 2 rings (SSSR count). The molecule has 0 aliphatic heterocycles. The number of rotatable bonds is 2. The first-order chi connectivity index (χ1) is 6.33. The Morgan fingerprint density at radius 1 is 1.38 bits per heavy atom. The average Bonchev–Trinajstić information content (AvgIpc) is 2.63. The third-order valence-electron chi connectivity index (χ3n) is 2.14. The fourth-order valence-electron chi connectivity index (χ4n) is 1.47. The lowest BCUT2D eigenvalue weighted by molar-refractivity contribution is 1.48. The maximum atomic E-state index is 4.01. The molecule has 13 heavy (non-hydrogen) atoms. The molecule has 0 saturated heterocycles. The smallest absolute Gasteiger partial charge is 0.0460 e. The number of allylic oxidation sites excluding steroid dienone is 1. The second kappa shape index (κ2) is 3.38. The van der Waals surface area contributed by atoms with Crippen LogP contribution in [-0.2, 0) is 0 Å². The Labute approximate surface area is 85.6 Å². The molecule has 0 atom stereocenters. The minimum Gasteiger partial charge on any atom is -0.361 e. The fourth-order valence-corrected chi connectivity index (χ4v) is 1.77. The summed E-state index contributed by atoms with van der Waals surface area (Å²) >= 11 is 3.42. The molecule has 1 nitrogen and oxygen atoms in total.